The minimum absolute atomic E-state index is 0.387. The molecule has 0 N–H and O–H groups in total. The Morgan fingerprint density at radius 1 is 1.30 bits per heavy atom. The minimum atomic E-state index is 0.387. The summed E-state index contributed by atoms with van der Waals surface area (Å²) in [7, 11) is 0. The first-order chi connectivity index (χ1) is 13.3. The molecular weight excluding hydrogens is 364 g/mol. The third kappa shape index (κ3) is 3.63. The van der Waals surface area contributed by atoms with E-state index in [1.54, 1.807) is 12.4 Å². The van der Waals surface area contributed by atoms with Crippen LogP contribution < -0.4 is 4.74 Å². The average molecular weight is 382 g/mol. The molecule has 0 spiro atoms. The van der Waals surface area contributed by atoms with Gasteiger partial charge < -0.3 is 9.57 Å². The molecule has 138 valence electrons. The molecule has 3 aromatic heterocycles. The Bertz CT molecular complexity index is 973. The minimum Gasteiger partial charge on any atom is -0.475 e. The van der Waals surface area contributed by atoms with E-state index in [2.05, 4.69) is 30.3 Å². The van der Waals surface area contributed by atoms with Crippen molar-refractivity contribution < 1.29 is 9.57 Å². The van der Waals surface area contributed by atoms with Gasteiger partial charge in [-0.2, -0.15) is 0 Å². The zero-order valence-electron chi connectivity index (χ0n) is 15.0. The van der Waals surface area contributed by atoms with E-state index in [1.165, 1.54) is 11.3 Å². The first-order valence-electron chi connectivity index (χ1n) is 8.71. The first-order valence-corrected chi connectivity index (χ1v) is 9.53. The van der Waals surface area contributed by atoms with Crippen molar-refractivity contribution in [3.8, 4) is 27.2 Å². The molecule has 27 heavy (non-hydrogen) atoms. The van der Waals surface area contributed by atoms with Crippen LogP contribution in [0.15, 0.2) is 29.7 Å². The van der Waals surface area contributed by atoms with Gasteiger partial charge in [-0.3, -0.25) is 4.98 Å². The van der Waals surface area contributed by atoms with Crippen LogP contribution in [0.4, 0.5) is 0 Å². The Morgan fingerprint density at radius 3 is 3.04 bits per heavy atom. The summed E-state index contributed by atoms with van der Waals surface area (Å²) in [6, 6.07) is 3.86. The summed E-state index contributed by atoms with van der Waals surface area (Å²) >= 11 is 1.51. The topological polar surface area (TPSA) is 95.3 Å². The SMILES string of the molecule is CCCON=C1CCOc2nnc(-c3sc(-c4cccnc4)nc3C)nc21. The van der Waals surface area contributed by atoms with E-state index in [1.807, 2.05) is 26.0 Å². The second-order valence-corrected chi connectivity index (χ2v) is 6.93. The lowest BCUT2D eigenvalue weighted by molar-refractivity contribution is 0.143. The van der Waals surface area contributed by atoms with Crippen LogP contribution in [0.25, 0.3) is 21.3 Å². The lowest BCUT2D eigenvalue weighted by atomic mass is 10.2. The molecule has 0 aliphatic carbocycles. The van der Waals surface area contributed by atoms with Crippen LogP contribution in [0.3, 0.4) is 0 Å². The Labute approximate surface area is 160 Å². The molecule has 0 unspecified atom stereocenters. The summed E-state index contributed by atoms with van der Waals surface area (Å²) in [5, 5.41) is 13.5. The number of thiazole rings is 1. The standard InChI is InChI=1S/C18H18N6O2S/c1-3-8-26-24-13-6-9-25-17-14(13)21-16(22-23-17)15-11(2)20-18(27-15)12-5-4-7-19-10-12/h4-5,7,10H,3,6,8-9H2,1-2H3. The van der Waals surface area contributed by atoms with Crippen molar-refractivity contribution in [2.24, 2.45) is 5.16 Å². The van der Waals surface area contributed by atoms with Crippen LogP contribution in [0, 0.1) is 6.92 Å². The summed E-state index contributed by atoms with van der Waals surface area (Å²) in [4.78, 5) is 19.6. The van der Waals surface area contributed by atoms with Crippen LogP contribution in [-0.4, -0.2) is 44.1 Å². The number of rotatable bonds is 5. The summed E-state index contributed by atoms with van der Waals surface area (Å²) in [6.07, 6.45) is 5.04. The Hall–Kier alpha value is -2.94. The van der Waals surface area contributed by atoms with Crippen LogP contribution in [0.1, 0.15) is 31.2 Å². The number of pyridine rings is 1. The van der Waals surface area contributed by atoms with E-state index in [0.717, 1.165) is 33.3 Å². The zero-order valence-corrected chi connectivity index (χ0v) is 15.9. The lowest BCUT2D eigenvalue weighted by Crippen LogP contribution is -2.20. The molecule has 3 aromatic rings. The Morgan fingerprint density at radius 2 is 2.22 bits per heavy atom. The summed E-state index contributed by atoms with van der Waals surface area (Å²) in [5.74, 6) is 0.895. The molecule has 0 radical (unpaired) electrons. The smallest absolute Gasteiger partial charge is 0.261 e. The van der Waals surface area contributed by atoms with Crippen molar-refractivity contribution in [3.05, 3.63) is 35.9 Å². The highest BCUT2D eigenvalue weighted by Crippen LogP contribution is 2.34. The van der Waals surface area contributed by atoms with Gasteiger partial charge in [-0.05, 0) is 25.5 Å². The number of ether oxygens (including phenoxy) is 1. The monoisotopic (exact) mass is 382 g/mol. The second-order valence-electron chi connectivity index (χ2n) is 5.93. The van der Waals surface area contributed by atoms with Crippen molar-refractivity contribution in [1.29, 1.82) is 0 Å². The maximum Gasteiger partial charge on any atom is 0.261 e. The fourth-order valence-electron chi connectivity index (χ4n) is 2.58. The molecule has 0 atom stereocenters. The molecule has 0 bridgehead atoms. The van der Waals surface area contributed by atoms with Gasteiger partial charge in [-0.1, -0.05) is 12.1 Å². The van der Waals surface area contributed by atoms with Crippen LogP contribution in [0.5, 0.6) is 5.88 Å². The van der Waals surface area contributed by atoms with Crippen molar-refractivity contribution in [1.82, 2.24) is 25.1 Å². The van der Waals surface area contributed by atoms with Gasteiger partial charge in [0.1, 0.15) is 17.3 Å². The van der Waals surface area contributed by atoms with E-state index in [-0.39, 0.29) is 0 Å². The van der Waals surface area contributed by atoms with Gasteiger partial charge in [0, 0.05) is 24.4 Å². The molecule has 4 rings (SSSR count). The maximum absolute atomic E-state index is 5.56. The molecule has 9 heteroatoms. The third-order valence-corrected chi connectivity index (χ3v) is 5.09. The molecule has 0 aromatic carbocycles. The van der Waals surface area contributed by atoms with Crippen molar-refractivity contribution >= 4 is 17.0 Å². The highest BCUT2D eigenvalue weighted by molar-refractivity contribution is 7.18. The van der Waals surface area contributed by atoms with Crippen molar-refractivity contribution in [2.75, 3.05) is 13.2 Å². The highest BCUT2D eigenvalue weighted by atomic mass is 32.1. The highest BCUT2D eigenvalue weighted by Gasteiger charge is 2.24. The summed E-state index contributed by atoms with van der Waals surface area (Å²) < 4.78 is 5.56. The van der Waals surface area contributed by atoms with E-state index in [0.29, 0.717) is 37.0 Å². The lowest BCUT2D eigenvalue weighted by Gasteiger charge is -2.16. The maximum atomic E-state index is 5.56. The number of oxime groups is 1. The molecule has 0 fully saturated rings. The molecule has 4 heterocycles. The largest absolute Gasteiger partial charge is 0.475 e. The normalized spacial score (nSPS) is 14.7. The van der Waals surface area contributed by atoms with E-state index in [9.17, 15) is 0 Å². The van der Waals surface area contributed by atoms with Gasteiger partial charge in [0.2, 0.25) is 0 Å². The molecule has 8 nitrogen and oxygen atoms in total. The van der Waals surface area contributed by atoms with Gasteiger partial charge in [-0.15, -0.1) is 21.5 Å². The van der Waals surface area contributed by atoms with Crippen molar-refractivity contribution in [2.45, 2.75) is 26.7 Å². The van der Waals surface area contributed by atoms with E-state index < -0.39 is 0 Å². The number of hydrogen-bond donors (Lipinski definition) is 0. The molecular formula is C18H18N6O2S. The number of hydrogen-bond acceptors (Lipinski definition) is 9. The predicted molar refractivity (Wildman–Crippen MR) is 102 cm³/mol. The summed E-state index contributed by atoms with van der Waals surface area (Å²) in [5.41, 5.74) is 3.12. The van der Waals surface area contributed by atoms with Gasteiger partial charge in [-0.25, -0.2) is 9.97 Å². The zero-order chi connectivity index (χ0) is 18.6. The van der Waals surface area contributed by atoms with E-state index in [4.69, 9.17) is 9.57 Å². The second kappa shape index (κ2) is 7.75. The molecule has 1 aliphatic heterocycles. The quantitative estimate of drug-likeness (QED) is 0.493. The molecule has 0 saturated carbocycles. The van der Waals surface area contributed by atoms with Gasteiger partial charge in [0.25, 0.3) is 5.88 Å². The third-order valence-electron chi connectivity index (χ3n) is 3.89. The van der Waals surface area contributed by atoms with Crippen LogP contribution in [0.2, 0.25) is 0 Å². The Balaban J connectivity index is 1.71. The molecule has 1 aliphatic rings. The number of aromatic nitrogens is 5. The van der Waals surface area contributed by atoms with Crippen molar-refractivity contribution in [3.63, 3.8) is 0 Å². The number of aryl methyl sites for hydroxylation is 1. The van der Waals surface area contributed by atoms with Crippen LogP contribution >= 0.6 is 11.3 Å². The van der Waals surface area contributed by atoms with Crippen LogP contribution in [-0.2, 0) is 4.84 Å². The first kappa shape index (κ1) is 17.5. The molecule has 0 amide bonds. The number of fused-ring (bicyclic) bond motifs is 1. The fraction of sp³-hybridized carbons (Fsp3) is 0.333. The Kier molecular flexibility index (Phi) is 5.01. The average Bonchev–Trinajstić information content (AvgIpc) is 3.10. The van der Waals surface area contributed by atoms with Gasteiger partial charge >= 0.3 is 0 Å². The van der Waals surface area contributed by atoms with Gasteiger partial charge in [0.05, 0.1) is 17.2 Å². The summed E-state index contributed by atoms with van der Waals surface area (Å²) in [6.45, 7) is 5.02. The predicted octanol–water partition coefficient (Wildman–Crippen LogP) is 3.28. The van der Waals surface area contributed by atoms with E-state index >= 15 is 0 Å². The number of nitrogens with zero attached hydrogens (tertiary/aromatic N) is 6. The fourth-order valence-corrected chi connectivity index (χ4v) is 3.57. The molecule has 0 saturated heterocycles. The van der Waals surface area contributed by atoms with Gasteiger partial charge in [0.15, 0.2) is 11.5 Å².